The zero-order chi connectivity index (χ0) is 11.7. The molecular weight excluding hydrogens is 278 g/mol. The van der Waals surface area contributed by atoms with E-state index in [2.05, 4.69) is 45.5 Å². The van der Waals surface area contributed by atoms with Gasteiger partial charge in [0.15, 0.2) is 0 Å². The molecule has 1 aromatic rings. The number of ether oxygens (including phenoxy) is 1. The van der Waals surface area contributed by atoms with Crippen LogP contribution in [0.3, 0.4) is 0 Å². The molecule has 1 heterocycles. The highest BCUT2D eigenvalue weighted by atomic mass is 79.9. The van der Waals surface area contributed by atoms with Crippen molar-refractivity contribution < 1.29 is 4.74 Å². The zero-order valence-corrected chi connectivity index (χ0v) is 11.3. The molecule has 1 aliphatic carbocycles. The average Bonchev–Trinajstić information content (AvgIpc) is 2.95. The van der Waals surface area contributed by atoms with Gasteiger partial charge in [-0.3, -0.25) is 0 Å². The van der Waals surface area contributed by atoms with Gasteiger partial charge in [0, 0.05) is 29.0 Å². The molecule has 0 saturated heterocycles. The Morgan fingerprint density at radius 3 is 2.94 bits per heavy atom. The van der Waals surface area contributed by atoms with Crippen LogP contribution in [0.5, 0.6) is 5.75 Å². The van der Waals surface area contributed by atoms with E-state index in [1.54, 1.807) is 0 Å². The number of hydrogen-bond acceptors (Lipinski definition) is 2. The van der Waals surface area contributed by atoms with Crippen LogP contribution in [0.1, 0.15) is 24.0 Å². The van der Waals surface area contributed by atoms with Crippen molar-refractivity contribution in [1.82, 2.24) is 5.32 Å². The first kappa shape index (κ1) is 11.3. The molecule has 0 spiro atoms. The fourth-order valence-electron chi connectivity index (χ4n) is 2.52. The molecule has 2 aliphatic rings. The van der Waals surface area contributed by atoms with Gasteiger partial charge in [0.2, 0.25) is 0 Å². The Hall–Kier alpha value is -0.800. The maximum absolute atomic E-state index is 5.72. The number of benzene rings is 1. The first-order valence-electron chi connectivity index (χ1n) is 6.15. The van der Waals surface area contributed by atoms with Crippen molar-refractivity contribution in [2.45, 2.75) is 31.8 Å². The van der Waals surface area contributed by atoms with Crippen LogP contribution >= 0.6 is 15.9 Å². The van der Waals surface area contributed by atoms with Crippen LogP contribution in [-0.4, -0.2) is 12.6 Å². The largest absolute Gasteiger partial charge is 0.493 e. The van der Waals surface area contributed by atoms with Gasteiger partial charge in [-0.15, -0.1) is 0 Å². The Morgan fingerprint density at radius 2 is 2.12 bits per heavy atom. The molecule has 0 bridgehead atoms. The molecular formula is C14H16BrNO. The van der Waals surface area contributed by atoms with Gasteiger partial charge in [0.25, 0.3) is 0 Å². The lowest BCUT2D eigenvalue weighted by Crippen LogP contribution is -2.25. The smallest absolute Gasteiger partial charge is 0.127 e. The van der Waals surface area contributed by atoms with Crippen LogP contribution in [0, 0.1) is 0 Å². The minimum Gasteiger partial charge on any atom is -0.493 e. The lowest BCUT2D eigenvalue weighted by Gasteiger charge is -2.14. The maximum Gasteiger partial charge on any atom is 0.127 e. The van der Waals surface area contributed by atoms with Gasteiger partial charge in [-0.05, 0) is 30.5 Å². The summed E-state index contributed by atoms with van der Waals surface area (Å²) in [7, 11) is 0. The molecule has 0 fully saturated rings. The standard InChI is InChI=1S/C14H16BrNO/c15-12-7-10-5-6-17-14(10)11(8-12)9-16-13-3-1-2-4-13/h1-2,7-8,13,16H,3-6,9H2. The lowest BCUT2D eigenvalue weighted by molar-refractivity contribution is 0.351. The third kappa shape index (κ3) is 2.40. The summed E-state index contributed by atoms with van der Waals surface area (Å²) in [5.41, 5.74) is 2.61. The SMILES string of the molecule is Brc1cc2c(c(CNC3CC=CC3)c1)OCC2. The Morgan fingerprint density at radius 1 is 1.29 bits per heavy atom. The quantitative estimate of drug-likeness (QED) is 0.864. The third-order valence-electron chi connectivity index (χ3n) is 3.41. The first-order chi connectivity index (χ1) is 8.33. The number of hydrogen-bond donors (Lipinski definition) is 1. The fourth-order valence-corrected chi connectivity index (χ4v) is 3.07. The molecule has 3 rings (SSSR count). The lowest BCUT2D eigenvalue weighted by atomic mass is 10.1. The highest BCUT2D eigenvalue weighted by Crippen LogP contribution is 2.33. The van der Waals surface area contributed by atoms with Gasteiger partial charge in [0.1, 0.15) is 5.75 Å². The number of fused-ring (bicyclic) bond motifs is 1. The number of halogens is 1. The van der Waals surface area contributed by atoms with E-state index in [1.807, 2.05) is 0 Å². The molecule has 17 heavy (non-hydrogen) atoms. The first-order valence-corrected chi connectivity index (χ1v) is 6.95. The Bertz CT molecular complexity index is 448. The van der Waals surface area contributed by atoms with Gasteiger partial charge < -0.3 is 10.1 Å². The van der Waals surface area contributed by atoms with Crippen LogP contribution in [0.4, 0.5) is 0 Å². The van der Waals surface area contributed by atoms with E-state index in [4.69, 9.17) is 4.74 Å². The Labute approximate surface area is 110 Å². The van der Waals surface area contributed by atoms with E-state index in [-0.39, 0.29) is 0 Å². The molecule has 0 unspecified atom stereocenters. The minimum atomic E-state index is 0.603. The van der Waals surface area contributed by atoms with Crippen LogP contribution < -0.4 is 10.1 Å². The molecule has 0 amide bonds. The molecule has 1 aliphatic heterocycles. The summed E-state index contributed by atoms with van der Waals surface area (Å²) in [6.07, 6.45) is 7.83. The zero-order valence-electron chi connectivity index (χ0n) is 9.71. The highest BCUT2D eigenvalue weighted by Gasteiger charge is 2.18. The molecule has 2 nitrogen and oxygen atoms in total. The highest BCUT2D eigenvalue weighted by molar-refractivity contribution is 9.10. The fraction of sp³-hybridized carbons (Fsp3) is 0.429. The summed E-state index contributed by atoms with van der Waals surface area (Å²) in [5.74, 6) is 1.10. The van der Waals surface area contributed by atoms with E-state index < -0.39 is 0 Å². The van der Waals surface area contributed by atoms with Gasteiger partial charge in [-0.25, -0.2) is 0 Å². The molecule has 90 valence electrons. The van der Waals surface area contributed by atoms with Crippen molar-refractivity contribution in [3.63, 3.8) is 0 Å². The van der Waals surface area contributed by atoms with E-state index in [0.717, 1.165) is 42.6 Å². The third-order valence-corrected chi connectivity index (χ3v) is 3.87. The monoisotopic (exact) mass is 293 g/mol. The summed E-state index contributed by atoms with van der Waals surface area (Å²) in [6, 6.07) is 4.94. The molecule has 0 radical (unpaired) electrons. The summed E-state index contributed by atoms with van der Waals surface area (Å²) in [6.45, 7) is 1.72. The Kier molecular flexibility index (Phi) is 3.21. The normalized spacial score (nSPS) is 18.4. The summed E-state index contributed by atoms with van der Waals surface area (Å²) < 4.78 is 6.88. The maximum atomic E-state index is 5.72. The molecule has 3 heteroatoms. The van der Waals surface area contributed by atoms with Crippen LogP contribution in [0.15, 0.2) is 28.8 Å². The van der Waals surface area contributed by atoms with Crippen molar-refractivity contribution in [2.24, 2.45) is 0 Å². The molecule has 0 aromatic heterocycles. The minimum absolute atomic E-state index is 0.603. The summed E-state index contributed by atoms with van der Waals surface area (Å²) >= 11 is 3.57. The predicted octanol–water partition coefficient (Wildman–Crippen LogP) is 3.19. The van der Waals surface area contributed by atoms with E-state index in [1.165, 1.54) is 11.1 Å². The van der Waals surface area contributed by atoms with Crippen molar-refractivity contribution in [1.29, 1.82) is 0 Å². The van der Waals surface area contributed by atoms with E-state index >= 15 is 0 Å². The summed E-state index contributed by atoms with van der Waals surface area (Å²) in [5, 5.41) is 3.59. The number of nitrogens with one attached hydrogen (secondary N) is 1. The molecule has 0 saturated carbocycles. The molecule has 0 atom stereocenters. The number of rotatable bonds is 3. The van der Waals surface area contributed by atoms with Crippen LogP contribution in [-0.2, 0) is 13.0 Å². The van der Waals surface area contributed by atoms with Crippen molar-refractivity contribution in [3.8, 4) is 5.75 Å². The van der Waals surface area contributed by atoms with Crippen LogP contribution in [0.2, 0.25) is 0 Å². The van der Waals surface area contributed by atoms with E-state index in [0.29, 0.717) is 6.04 Å². The molecule has 1 aromatic carbocycles. The van der Waals surface area contributed by atoms with Gasteiger partial charge in [0.05, 0.1) is 6.61 Å². The van der Waals surface area contributed by atoms with Crippen LogP contribution in [0.25, 0.3) is 0 Å². The van der Waals surface area contributed by atoms with Gasteiger partial charge in [-0.1, -0.05) is 28.1 Å². The predicted molar refractivity (Wildman–Crippen MR) is 72.3 cm³/mol. The van der Waals surface area contributed by atoms with Crippen molar-refractivity contribution in [3.05, 3.63) is 39.9 Å². The average molecular weight is 294 g/mol. The second kappa shape index (κ2) is 4.83. The van der Waals surface area contributed by atoms with Crippen molar-refractivity contribution >= 4 is 15.9 Å². The van der Waals surface area contributed by atoms with Gasteiger partial charge in [-0.2, -0.15) is 0 Å². The van der Waals surface area contributed by atoms with Gasteiger partial charge >= 0.3 is 0 Å². The summed E-state index contributed by atoms with van der Waals surface area (Å²) in [4.78, 5) is 0. The van der Waals surface area contributed by atoms with E-state index in [9.17, 15) is 0 Å². The molecule has 1 N–H and O–H groups in total. The second-order valence-corrected chi connectivity index (χ2v) is 5.59. The Balaban J connectivity index is 1.73. The second-order valence-electron chi connectivity index (χ2n) is 4.67. The topological polar surface area (TPSA) is 21.3 Å². The van der Waals surface area contributed by atoms with Crippen molar-refractivity contribution in [2.75, 3.05) is 6.61 Å².